The van der Waals surface area contributed by atoms with Gasteiger partial charge in [0.1, 0.15) is 0 Å². The fourth-order valence-corrected chi connectivity index (χ4v) is 1.70. The minimum absolute atomic E-state index is 0.303. The Morgan fingerprint density at radius 3 is 2.64 bits per heavy atom. The Bertz CT molecular complexity index is 173. The third-order valence-electron chi connectivity index (χ3n) is 1.57. The van der Waals surface area contributed by atoms with Crippen LogP contribution in [-0.2, 0) is 10.8 Å². The summed E-state index contributed by atoms with van der Waals surface area (Å²) in [4.78, 5) is 2.02. The molecule has 2 atom stereocenters. The largest absolute Gasteiger partial charge is 0.292 e. The van der Waals surface area contributed by atoms with Crippen LogP contribution in [0.3, 0.4) is 0 Å². The second-order valence-corrected chi connectivity index (χ2v) is 4.19. The summed E-state index contributed by atoms with van der Waals surface area (Å²) in [6, 6.07) is 0.303. The quantitative estimate of drug-likeness (QED) is 0.571. The summed E-state index contributed by atoms with van der Waals surface area (Å²) in [5, 5.41) is 0. The van der Waals surface area contributed by atoms with Gasteiger partial charge in [0.2, 0.25) is 0 Å². The minimum Gasteiger partial charge on any atom is -0.292 e. The lowest BCUT2D eigenvalue weighted by Gasteiger charge is -2.20. The smallest absolute Gasteiger partial charge is 0.0599 e. The van der Waals surface area contributed by atoms with E-state index in [1.807, 2.05) is 18.9 Å². The molecular formula is C8H15NOS. The summed E-state index contributed by atoms with van der Waals surface area (Å²) in [7, 11) is 1.21. The van der Waals surface area contributed by atoms with Gasteiger partial charge in [-0.25, -0.2) is 0 Å². The third kappa shape index (κ3) is 5.00. The lowest BCUT2D eigenvalue weighted by Crippen LogP contribution is -2.33. The Morgan fingerprint density at radius 1 is 1.73 bits per heavy atom. The molecule has 0 saturated heterocycles. The topological polar surface area (TPSA) is 20.3 Å². The molecule has 0 aromatic carbocycles. The van der Waals surface area contributed by atoms with Crippen molar-refractivity contribution in [1.82, 2.24) is 4.90 Å². The second-order valence-electron chi connectivity index (χ2n) is 2.71. The average Bonchev–Trinajstić information content (AvgIpc) is 1.86. The molecule has 0 aliphatic carbocycles. The first-order chi connectivity index (χ1) is 5.07. The van der Waals surface area contributed by atoms with Crippen LogP contribution >= 0.6 is 0 Å². The molecule has 2 unspecified atom stereocenters. The first-order valence-electron chi connectivity index (χ1n) is 3.51. The highest BCUT2D eigenvalue weighted by atomic mass is 32.2. The van der Waals surface area contributed by atoms with Crippen molar-refractivity contribution in [2.75, 3.05) is 25.6 Å². The molecule has 0 amide bonds. The number of terminal acetylenes is 1. The Balaban J connectivity index is 3.74. The van der Waals surface area contributed by atoms with Gasteiger partial charge in [0, 0.05) is 28.9 Å². The first-order valence-corrected chi connectivity index (χ1v) is 5.24. The zero-order valence-corrected chi connectivity index (χ0v) is 8.15. The second kappa shape index (κ2) is 5.34. The minimum atomic E-state index is -0.730. The fourth-order valence-electron chi connectivity index (χ4n) is 0.767. The van der Waals surface area contributed by atoms with Gasteiger partial charge in [0.15, 0.2) is 0 Å². The molecule has 0 saturated carbocycles. The van der Waals surface area contributed by atoms with E-state index in [2.05, 4.69) is 5.92 Å². The summed E-state index contributed by atoms with van der Waals surface area (Å²) in [5.41, 5.74) is 0. The van der Waals surface area contributed by atoms with E-state index >= 15 is 0 Å². The van der Waals surface area contributed by atoms with Gasteiger partial charge in [-0.15, -0.1) is 6.42 Å². The highest BCUT2D eigenvalue weighted by molar-refractivity contribution is 7.84. The monoisotopic (exact) mass is 173 g/mol. The van der Waals surface area contributed by atoms with Crippen LogP contribution in [-0.4, -0.2) is 40.8 Å². The molecule has 0 aromatic rings. The van der Waals surface area contributed by atoms with Crippen molar-refractivity contribution in [3.63, 3.8) is 0 Å². The van der Waals surface area contributed by atoms with Crippen LogP contribution in [0.1, 0.15) is 6.92 Å². The van der Waals surface area contributed by atoms with Gasteiger partial charge in [-0.05, 0) is 14.0 Å². The number of nitrogens with zero attached hydrogens (tertiary/aromatic N) is 1. The van der Waals surface area contributed by atoms with Gasteiger partial charge in [0.25, 0.3) is 0 Å². The molecule has 0 heterocycles. The molecule has 0 radical (unpaired) electrons. The van der Waals surface area contributed by atoms with Crippen molar-refractivity contribution in [1.29, 1.82) is 0 Å². The number of hydrogen-bond donors (Lipinski definition) is 0. The Hall–Kier alpha value is -0.330. The number of hydrogen-bond acceptors (Lipinski definition) is 2. The molecular weight excluding hydrogens is 158 g/mol. The third-order valence-corrected chi connectivity index (χ3v) is 2.52. The molecule has 0 rings (SSSR count). The van der Waals surface area contributed by atoms with E-state index in [1.54, 1.807) is 6.26 Å². The zero-order valence-electron chi connectivity index (χ0n) is 7.33. The predicted octanol–water partition coefficient (Wildman–Crippen LogP) is 0.318. The molecule has 64 valence electrons. The van der Waals surface area contributed by atoms with Crippen molar-refractivity contribution in [2.24, 2.45) is 0 Å². The molecule has 2 nitrogen and oxygen atoms in total. The Labute approximate surface area is 71.4 Å². The van der Waals surface area contributed by atoms with Gasteiger partial charge >= 0.3 is 0 Å². The van der Waals surface area contributed by atoms with Crippen LogP contribution in [0.5, 0.6) is 0 Å². The molecule has 0 bridgehead atoms. The van der Waals surface area contributed by atoms with E-state index < -0.39 is 10.8 Å². The Kier molecular flexibility index (Phi) is 5.18. The van der Waals surface area contributed by atoms with Gasteiger partial charge in [-0.1, -0.05) is 5.92 Å². The number of rotatable bonds is 4. The van der Waals surface area contributed by atoms with E-state index in [0.717, 1.165) is 0 Å². The van der Waals surface area contributed by atoms with Crippen LogP contribution in [0.2, 0.25) is 0 Å². The summed E-state index contributed by atoms with van der Waals surface area (Å²) < 4.78 is 10.8. The van der Waals surface area contributed by atoms with Crippen molar-refractivity contribution in [3.8, 4) is 12.3 Å². The van der Waals surface area contributed by atoms with E-state index in [-0.39, 0.29) is 0 Å². The summed E-state index contributed by atoms with van der Waals surface area (Å²) in [6.45, 7) is 2.65. The lowest BCUT2D eigenvalue weighted by molar-refractivity contribution is 0.311. The standard InChI is InChI=1S/C8H15NOS/c1-5-6-9(3)8(2)7-11(4)10/h1,8H,6-7H2,2-4H3. The lowest BCUT2D eigenvalue weighted by atomic mass is 10.3. The van der Waals surface area contributed by atoms with E-state index in [1.165, 1.54) is 0 Å². The first kappa shape index (κ1) is 10.7. The van der Waals surface area contributed by atoms with Gasteiger partial charge in [0.05, 0.1) is 6.54 Å². The molecule has 3 heteroatoms. The van der Waals surface area contributed by atoms with Crippen LogP contribution in [0.25, 0.3) is 0 Å². The van der Waals surface area contributed by atoms with Crippen LogP contribution < -0.4 is 0 Å². The van der Waals surface area contributed by atoms with Gasteiger partial charge < -0.3 is 0 Å². The highest BCUT2D eigenvalue weighted by Gasteiger charge is 2.08. The van der Waals surface area contributed by atoms with Crippen molar-refractivity contribution in [3.05, 3.63) is 0 Å². The molecule has 0 spiro atoms. The maximum absolute atomic E-state index is 10.8. The van der Waals surface area contributed by atoms with Gasteiger partial charge in [-0.2, -0.15) is 0 Å². The average molecular weight is 173 g/mol. The Morgan fingerprint density at radius 2 is 2.27 bits per heavy atom. The molecule has 11 heavy (non-hydrogen) atoms. The van der Waals surface area contributed by atoms with E-state index in [9.17, 15) is 4.21 Å². The maximum Gasteiger partial charge on any atom is 0.0599 e. The molecule has 0 N–H and O–H groups in total. The normalized spacial score (nSPS) is 15.9. The van der Waals surface area contributed by atoms with Crippen molar-refractivity contribution >= 4 is 10.8 Å². The molecule has 0 aliphatic heterocycles. The highest BCUT2D eigenvalue weighted by Crippen LogP contribution is 1.95. The SMILES string of the molecule is C#CCN(C)C(C)CS(C)=O. The summed E-state index contributed by atoms with van der Waals surface area (Å²) >= 11 is 0. The summed E-state index contributed by atoms with van der Waals surface area (Å²) in [5.74, 6) is 3.24. The van der Waals surface area contributed by atoms with Crippen LogP contribution in [0.15, 0.2) is 0 Å². The van der Waals surface area contributed by atoms with Gasteiger partial charge in [-0.3, -0.25) is 9.11 Å². The van der Waals surface area contributed by atoms with Crippen LogP contribution in [0.4, 0.5) is 0 Å². The molecule has 0 aromatic heterocycles. The van der Waals surface area contributed by atoms with E-state index in [4.69, 9.17) is 6.42 Å². The maximum atomic E-state index is 10.8. The fraction of sp³-hybridized carbons (Fsp3) is 0.750. The van der Waals surface area contributed by atoms with Crippen molar-refractivity contribution in [2.45, 2.75) is 13.0 Å². The van der Waals surface area contributed by atoms with Crippen molar-refractivity contribution < 1.29 is 4.21 Å². The predicted molar refractivity (Wildman–Crippen MR) is 49.9 cm³/mol. The molecule has 0 aliphatic rings. The van der Waals surface area contributed by atoms with E-state index in [0.29, 0.717) is 18.3 Å². The summed E-state index contributed by atoms with van der Waals surface area (Å²) in [6.07, 6.45) is 6.84. The zero-order chi connectivity index (χ0) is 8.85. The molecule has 0 fully saturated rings. The van der Waals surface area contributed by atoms with Crippen LogP contribution in [0, 0.1) is 12.3 Å².